The molecule has 164 valence electrons. The maximum absolute atomic E-state index is 13.0. The molecule has 0 aliphatic carbocycles. The van der Waals surface area contributed by atoms with E-state index in [1.807, 2.05) is 42.2 Å². The molecule has 2 heterocycles. The zero-order valence-corrected chi connectivity index (χ0v) is 19.3. The number of halogens is 1. The molecule has 1 saturated heterocycles. The molecule has 1 aliphatic rings. The molecule has 1 aromatic heterocycles. The van der Waals surface area contributed by atoms with E-state index in [9.17, 15) is 4.79 Å². The lowest BCUT2D eigenvalue weighted by molar-refractivity contribution is 0.0628. The predicted octanol–water partition coefficient (Wildman–Crippen LogP) is 4.15. The quantitative estimate of drug-likeness (QED) is 0.511. The van der Waals surface area contributed by atoms with E-state index < -0.39 is 0 Å². The van der Waals surface area contributed by atoms with Gasteiger partial charge < -0.3 is 14.2 Å². The minimum Gasteiger partial charge on any atom is -0.484 e. The minimum atomic E-state index is 0.0149. The molecule has 0 atom stereocenters. The summed E-state index contributed by atoms with van der Waals surface area (Å²) in [5.74, 6) is 1.30. The molecule has 1 amide bonds. The first-order valence-corrected chi connectivity index (χ1v) is 11.2. The number of ether oxygens (including phenoxy) is 1. The maximum atomic E-state index is 13.0. The van der Waals surface area contributed by atoms with Crippen molar-refractivity contribution in [3.8, 4) is 11.8 Å². The fraction of sp³-hybridized carbons (Fsp3) is 0.292. The summed E-state index contributed by atoms with van der Waals surface area (Å²) in [7, 11) is 0. The van der Waals surface area contributed by atoms with Gasteiger partial charge in [-0.15, -0.1) is 0 Å². The van der Waals surface area contributed by atoms with E-state index >= 15 is 0 Å². The van der Waals surface area contributed by atoms with Gasteiger partial charge in [0.1, 0.15) is 12.4 Å². The molecule has 1 aliphatic heterocycles. The Hall–Kier alpha value is -3.15. The van der Waals surface area contributed by atoms with Crippen LogP contribution in [0.15, 0.2) is 57.5 Å². The van der Waals surface area contributed by atoms with Crippen molar-refractivity contribution < 1.29 is 14.1 Å². The summed E-state index contributed by atoms with van der Waals surface area (Å²) in [6, 6.07) is 17.0. The molecular formula is C24H23BrN4O3. The maximum Gasteiger partial charge on any atom is 0.253 e. The number of rotatable bonds is 6. The van der Waals surface area contributed by atoms with Crippen molar-refractivity contribution in [2.24, 2.45) is 0 Å². The van der Waals surface area contributed by atoms with Crippen LogP contribution in [0.3, 0.4) is 0 Å². The van der Waals surface area contributed by atoms with E-state index in [1.54, 1.807) is 18.2 Å². The van der Waals surface area contributed by atoms with E-state index in [1.165, 1.54) is 5.56 Å². The third kappa shape index (κ3) is 5.36. The lowest BCUT2D eigenvalue weighted by Gasteiger charge is -2.34. The largest absolute Gasteiger partial charge is 0.484 e. The van der Waals surface area contributed by atoms with Crippen LogP contribution in [0, 0.1) is 18.3 Å². The number of nitrogens with zero attached hydrogens (tertiary/aromatic N) is 4. The first kappa shape index (κ1) is 22.1. The predicted molar refractivity (Wildman–Crippen MR) is 122 cm³/mol. The Morgan fingerprint density at radius 1 is 1.16 bits per heavy atom. The van der Waals surface area contributed by atoms with Gasteiger partial charge >= 0.3 is 0 Å². The summed E-state index contributed by atoms with van der Waals surface area (Å²) in [5, 5.41) is 12.8. The third-order valence-corrected chi connectivity index (χ3v) is 5.99. The molecule has 0 N–H and O–H groups in total. The van der Waals surface area contributed by atoms with Crippen LogP contribution < -0.4 is 4.74 Å². The molecule has 8 heteroatoms. The molecule has 0 radical (unpaired) electrons. The molecule has 2 aromatic carbocycles. The highest BCUT2D eigenvalue weighted by molar-refractivity contribution is 9.10. The summed E-state index contributed by atoms with van der Waals surface area (Å²) < 4.78 is 11.6. The van der Waals surface area contributed by atoms with E-state index in [2.05, 4.69) is 32.1 Å². The van der Waals surface area contributed by atoms with E-state index in [0.717, 1.165) is 29.8 Å². The van der Waals surface area contributed by atoms with Gasteiger partial charge in [0.25, 0.3) is 5.91 Å². The van der Waals surface area contributed by atoms with Crippen LogP contribution in [0.5, 0.6) is 5.75 Å². The number of carbonyl (C=O) groups is 1. The number of amides is 1. The van der Waals surface area contributed by atoms with Gasteiger partial charge in [-0.3, -0.25) is 9.69 Å². The van der Waals surface area contributed by atoms with Gasteiger partial charge in [0.2, 0.25) is 0 Å². The van der Waals surface area contributed by atoms with E-state index in [4.69, 9.17) is 14.5 Å². The van der Waals surface area contributed by atoms with Crippen molar-refractivity contribution in [3.05, 3.63) is 81.1 Å². The molecule has 0 unspecified atom stereocenters. The number of carbonyl (C=O) groups excluding carboxylic acids is 1. The minimum absolute atomic E-state index is 0.0149. The van der Waals surface area contributed by atoms with Crippen LogP contribution in [-0.2, 0) is 13.2 Å². The molecule has 1 fully saturated rings. The fourth-order valence-corrected chi connectivity index (χ4v) is 4.11. The second kappa shape index (κ2) is 9.98. The number of nitriles is 1. The molecule has 0 saturated carbocycles. The number of piperazine rings is 1. The normalized spacial score (nSPS) is 14.2. The van der Waals surface area contributed by atoms with Gasteiger partial charge in [-0.25, -0.2) is 0 Å². The summed E-state index contributed by atoms with van der Waals surface area (Å²) in [6.07, 6.45) is 0. The number of benzene rings is 2. The summed E-state index contributed by atoms with van der Waals surface area (Å²) >= 11 is 3.50. The fourth-order valence-electron chi connectivity index (χ4n) is 3.62. The smallest absolute Gasteiger partial charge is 0.253 e. The van der Waals surface area contributed by atoms with Gasteiger partial charge in [-0.05, 0) is 58.7 Å². The lowest BCUT2D eigenvalue weighted by atomic mass is 10.1. The SMILES string of the molecule is Cc1cc(COc2ccc(C(=O)N3CCN(Cc4ccc(C#N)cc4)CC3)cc2Br)on1. The zero-order chi connectivity index (χ0) is 22.5. The van der Waals surface area contributed by atoms with Gasteiger partial charge in [0, 0.05) is 44.4 Å². The van der Waals surface area contributed by atoms with Crippen LogP contribution in [0.4, 0.5) is 0 Å². The highest BCUT2D eigenvalue weighted by atomic mass is 79.9. The standard InChI is InChI=1S/C24H23BrN4O3/c1-17-12-21(32-27-17)16-31-23-7-6-20(13-22(23)25)24(30)29-10-8-28(9-11-29)15-19-4-2-18(14-26)3-5-19/h2-7,12-13H,8-11,15-16H2,1H3. The van der Waals surface area contributed by atoms with Crippen LogP contribution in [-0.4, -0.2) is 47.0 Å². The molecule has 0 spiro atoms. The Labute approximate surface area is 195 Å². The summed E-state index contributed by atoms with van der Waals surface area (Å²) in [4.78, 5) is 17.2. The van der Waals surface area contributed by atoms with E-state index in [0.29, 0.717) is 35.7 Å². The van der Waals surface area contributed by atoms with Gasteiger partial charge in [-0.2, -0.15) is 5.26 Å². The van der Waals surface area contributed by atoms with Crippen molar-refractivity contribution in [1.29, 1.82) is 5.26 Å². The molecule has 0 bridgehead atoms. The Morgan fingerprint density at radius 3 is 2.53 bits per heavy atom. The third-order valence-electron chi connectivity index (χ3n) is 5.37. The second-order valence-electron chi connectivity index (χ2n) is 7.75. The molecule has 32 heavy (non-hydrogen) atoms. The van der Waals surface area contributed by atoms with E-state index in [-0.39, 0.29) is 12.5 Å². The van der Waals surface area contributed by atoms with Crippen molar-refractivity contribution >= 4 is 21.8 Å². The lowest BCUT2D eigenvalue weighted by Crippen LogP contribution is -2.48. The summed E-state index contributed by atoms with van der Waals surface area (Å²) in [5.41, 5.74) is 3.27. The van der Waals surface area contributed by atoms with Crippen LogP contribution in [0.1, 0.15) is 32.9 Å². The first-order chi connectivity index (χ1) is 15.5. The topological polar surface area (TPSA) is 82.6 Å². The van der Waals surface area contributed by atoms with Crippen LogP contribution in [0.2, 0.25) is 0 Å². The molecule has 3 aromatic rings. The van der Waals surface area contributed by atoms with Crippen LogP contribution >= 0.6 is 15.9 Å². The highest BCUT2D eigenvalue weighted by Gasteiger charge is 2.23. The Kier molecular flexibility index (Phi) is 6.88. The Morgan fingerprint density at radius 2 is 1.91 bits per heavy atom. The van der Waals surface area contributed by atoms with Gasteiger partial charge in [-0.1, -0.05) is 17.3 Å². The summed E-state index contributed by atoms with van der Waals surface area (Å²) in [6.45, 7) is 5.92. The van der Waals surface area contributed by atoms with Gasteiger partial charge in [0.05, 0.1) is 21.8 Å². The van der Waals surface area contributed by atoms with Crippen LogP contribution in [0.25, 0.3) is 0 Å². The Balaban J connectivity index is 1.30. The molecule has 7 nitrogen and oxygen atoms in total. The second-order valence-corrected chi connectivity index (χ2v) is 8.60. The molecular weight excluding hydrogens is 472 g/mol. The van der Waals surface area contributed by atoms with Crippen molar-refractivity contribution in [3.63, 3.8) is 0 Å². The average Bonchev–Trinajstić information content (AvgIpc) is 3.24. The number of aryl methyl sites for hydroxylation is 1. The van der Waals surface area contributed by atoms with Crippen molar-refractivity contribution in [2.45, 2.75) is 20.1 Å². The Bertz CT molecular complexity index is 1130. The zero-order valence-electron chi connectivity index (χ0n) is 17.8. The highest BCUT2D eigenvalue weighted by Crippen LogP contribution is 2.27. The van der Waals surface area contributed by atoms with Crippen molar-refractivity contribution in [2.75, 3.05) is 26.2 Å². The average molecular weight is 495 g/mol. The number of hydrogen-bond acceptors (Lipinski definition) is 6. The van der Waals surface area contributed by atoms with Crippen molar-refractivity contribution in [1.82, 2.24) is 15.0 Å². The van der Waals surface area contributed by atoms with Gasteiger partial charge in [0.15, 0.2) is 5.76 Å². The number of hydrogen-bond donors (Lipinski definition) is 0. The molecule has 4 rings (SSSR count). The monoisotopic (exact) mass is 494 g/mol. The number of aromatic nitrogens is 1. The first-order valence-electron chi connectivity index (χ1n) is 10.4.